The Kier molecular flexibility index (Phi) is 6.00. The first-order chi connectivity index (χ1) is 15.7. The molecule has 0 aliphatic rings. The Hall–Kier alpha value is -3.57. The van der Waals surface area contributed by atoms with E-state index >= 15 is 0 Å². The summed E-state index contributed by atoms with van der Waals surface area (Å²) in [7, 11) is 0. The summed E-state index contributed by atoms with van der Waals surface area (Å²) in [5.41, 5.74) is 0.344. The molecule has 2 aromatic carbocycles. The molecule has 2 heterocycles. The second-order valence-corrected chi connectivity index (χ2v) is 7.73. The summed E-state index contributed by atoms with van der Waals surface area (Å²) in [6.45, 7) is 3.04. The van der Waals surface area contributed by atoms with Gasteiger partial charge in [-0.15, -0.1) is 0 Å². The van der Waals surface area contributed by atoms with Crippen LogP contribution in [0.5, 0.6) is 17.2 Å². The number of hydrogen-bond acceptors (Lipinski definition) is 10. The van der Waals surface area contributed by atoms with Crippen LogP contribution in [-0.4, -0.2) is 44.2 Å². The highest BCUT2D eigenvalue weighted by molar-refractivity contribution is 6.09. The maximum absolute atomic E-state index is 12.2. The first kappa shape index (κ1) is 22.6. The SMILES string of the molecule is Cc1cc2c(OC(CC(O)C(C)O)OO)c(-c3ccc(O)c(O)c3)oc3cc(=O)cc(o1)c32. The predicted octanol–water partition coefficient (Wildman–Crippen LogP) is 3.25. The molecule has 4 rings (SSSR count). The molecular formula is C23H22O10. The van der Waals surface area contributed by atoms with E-state index in [9.17, 15) is 30.5 Å². The number of benzene rings is 2. The topological polar surface area (TPSA) is 163 Å². The van der Waals surface area contributed by atoms with E-state index in [1.54, 1.807) is 13.0 Å². The maximum Gasteiger partial charge on any atom is 0.233 e. The van der Waals surface area contributed by atoms with Gasteiger partial charge in [0.05, 0.1) is 17.6 Å². The smallest absolute Gasteiger partial charge is 0.233 e. The van der Waals surface area contributed by atoms with Crippen LogP contribution >= 0.6 is 0 Å². The lowest BCUT2D eigenvalue weighted by molar-refractivity contribution is -0.331. The van der Waals surface area contributed by atoms with E-state index in [0.717, 1.165) is 0 Å². The fourth-order valence-corrected chi connectivity index (χ4v) is 3.54. The molecule has 3 atom stereocenters. The number of aryl methyl sites for hydroxylation is 1. The lowest BCUT2D eigenvalue weighted by Crippen LogP contribution is -2.31. The normalized spacial score (nSPS) is 14.5. The molecular weight excluding hydrogens is 436 g/mol. The van der Waals surface area contributed by atoms with Gasteiger partial charge >= 0.3 is 0 Å². The van der Waals surface area contributed by atoms with Gasteiger partial charge in [-0.2, -0.15) is 4.89 Å². The minimum Gasteiger partial charge on any atom is -0.504 e. The van der Waals surface area contributed by atoms with Crippen molar-refractivity contribution in [2.24, 2.45) is 0 Å². The van der Waals surface area contributed by atoms with Gasteiger partial charge in [-0.3, -0.25) is 4.79 Å². The Morgan fingerprint density at radius 3 is 2.33 bits per heavy atom. The molecule has 0 radical (unpaired) electrons. The van der Waals surface area contributed by atoms with Crippen molar-refractivity contribution in [1.82, 2.24) is 0 Å². The summed E-state index contributed by atoms with van der Waals surface area (Å²) < 4.78 is 17.5. The highest BCUT2D eigenvalue weighted by atomic mass is 17.1. The van der Waals surface area contributed by atoms with Crippen LogP contribution in [-0.2, 0) is 4.89 Å². The van der Waals surface area contributed by atoms with Crippen molar-refractivity contribution in [3.05, 3.63) is 52.4 Å². The van der Waals surface area contributed by atoms with Crippen LogP contribution in [0, 0.1) is 6.92 Å². The van der Waals surface area contributed by atoms with Crippen molar-refractivity contribution in [2.75, 3.05) is 0 Å². The van der Waals surface area contributed by atoms with Crippen LogP contribution in [0.15, 0.2) is 50.0 Å². The number of aliphatic hydroxyl groups excluding tert-OH is 2. The minimum atomic E-state index is -1.42. The van der Waals surface area contributed by atoms with Crippen molar-refractivity contribution in [1.29, 1.82) is 0 Å². The number of aliphatic hydroxyl groups is 2. The zero-order valence-electron chi connectivity index (χ0n) is 17.7. The van der Waals surface area contributed by atoms with Crippen molar-refractivity contribution < 1.29 is 44.1 Å². The number of ether oxygens (including phenoxy) is 1. The molecule has 3 unspecified atom stereocenters. The highest BCUT2D eigenvalue weighted by Gasteiger charge is 2.26. The number of phenols is 2. The average Bonchev–Trinajstić information content (AvgIpc) is 2.75. The van der Waals surface area contributed by atoms with E-state index < -0.39 is 24.2 Å². The third kappa shape index (κ3) is 4.37. The molecule has 2 aromatic heterocycles. The van der Waals surface area contributed by atoms with Crippen molar-refractivity contribution in [3.8, 4) is 28.6 Å². The van der Waals surface area contributed by atoms with Crippen LogP contribution in [0.4, 0.5) is 0 Å². The molecule has 10 heteroatoms. The lowest BCUT2D eigenvalue weighted by Gasteiger charge is -2.23. The van der Waals surface area contributed by atoms with Crippen molar-refractivity contribution >= 4 is 21.9 Å². The van der Waals surface area contributed by atoms with Crippen LogP contribution in [0.3, 0.4) is 0 Å². The Morgan fingerprint density at radius 1 is 1.00 bits per heavy atom. The number of rotatable bonds is 7. The Labute approximate surface area is 186 Å². The fraction of sp³-hybridized carbons (Fsp3) is 0.261. The molecule has 4 aromatic rings. The van der Waals surface area contributed by atoms with E-state index in [-0.39, 0.29) is 45.8 Å². The van der Waals surface area contributed by atoms with Gasteiger partial charge < -0.3 is 34.0 Å². The van der Waals surface area contributed by atoms with E-state index in [4.69, 9.17) is 13.6 Å². The van der Waals surface area contributed by atoms with Gasteiger partial charge in [-0.05, 0) is 38.1 Å². The third-order valence-electron chi connectivity index (χ3n) is 5.19. The van der Waals surface area contributed by atoms with E-state index in [1.165, 1.54) is 37.3 Å². The molecule has 174 valence electrons. The summed E-state index contributed by atoms with van der Waals surface area (Å²) in [5, 5.41) is 49.6. The van der Waals surface area contributed by atoms with Crippen LogP contribution in [0.25, 0.3) is 33.3 Å². The average molecular weight is 458 g/mol. The van der Waals surface area contributed by atoms with Gasteiger partial charge in [0.2, 0.25) is 6.29 Å². The molecule has 0 spiro atoms. The molecule has 0 aliphatic heterocycles. The monoisotopic (exact) mass is 458 g/mol. The van der Waals surface area contributed by atoms with Crippen LogP contribution in [0.2, 0.25) is 0 Å². The van der Waals surface area contributed by atoms with Gasteiger partial charge in [-0.25, -0.2) is 5.26 Å². The molecule has 0 amide bonds. The third-order valence-corrected chi connectivity index (χ3v) is 5.19. The van der Waals surface area contributed by atoms with Gasteiger partial charge in [0.15, 0.2) is 28.4 Å². The molecule has 0 fully saturated rings. The largest absolute Gasteiger partial charge is 0.504 e. The predicted molar refractivity (Wildman–Crippen MR) is 116 cm³/mol. The molecule has 0 bridgehead atoms. The quantitative estimate of drug-likeness (QED) is 0.120. The molecule has 10 nitrogen and oxygen atoms in total. The summed E-state index contributed by atoms with van der Waals surface area (Å²) in [5.74, 6) is -0.241. The molecule has 33 heavy (non-hydrogen) atoms. The Morgan fingerprint density at radius 2 is 1.70 bits per heavy atom. The van der Waals surface area contributed by atoms with Gasteiger partial charge in [0, 0.05) is 29.5 Å². The summed E-state index contributed by atoms with van der Waals surface area (Å²) in [6, 6.07) is 8.13. The zero-order chi connectivity index (χ0) is 23.9. The maximum atomic E-state index is 12.2. The second-order valence-electron chi connectivity index (χ2n) is 7.73. The Balaban J connectivity index is 2.00. The lowest BCUT2D eigenvalue weighted by atomic mass is 10.0. The first-order valence-electron chi connectivity index (χ1n) is 10.0. The van der Waals surface area contributed by atoms with Crippen molar-refractivity contribution in [2.45, 2.75) is 38.8 Å². The summed E-state index contributed by atoms with van der Waals surface area (Å²) >= 11 is 0. The second kappa shape index (κ2) is 8.75. The molecule has 0 saturated carbocycles. The standard InChI is InChI=1S/C23H22O10/c1-10-5-14-21-18(30-10)7-13(25)8-19(21)31-22(12-3-4-15(26)17(28)6-12)23(14)32-20(33-29)9-16(27)11(2)24/h3-8,11,16,20,24,26-29H,9H2,1-2H3. The summed E-state index contributed by atoms with van der Waals surface area (Å²) in [6.07, 6.45) is -4.09. The summed E-state index contributed by atoms with van der Waals surface area (Å²) in [4.78, 5) is 16.6. The van der Waals surface area contributed by atoms with Crippen LogP contribution < -0.4 is 10.2 Å². The van der Waals surface area contributed by atoms with Gasteiger partial charge in [-0.1, -0.05) is 0 Å². The number of phenolic OH excluding ortho intramolecular Hbond substituents is 2. The van der Waals surface area contributed by atoms with Crippen molar-refractivity contribution in [3.63, 3.8) is 0 Å². The Bertz CT molecular complexity index is 1370. The van der Waals surface area contributed by atoms with E-state index in [0.29, 0.717) is 16.5 Å². The molecule has 5 N–H and O–H groups in total. The minimum absolute atomic E-state index is 0.0453. The highest BCUT2D eigenvalue weighted by Crippen LogP contribution is 2.44. The van der Waals surface area contributed by atoms with Gasteiger partial charge in [0.25, 0.3) is 0 Å². The van der Waals surface area contributed by atoms with E-state index in [1.807, 2.05) is 0 Å². The fourth-order valence-electron chi connectivity index (χ4n) is 3.54. The van der Waals surface area contributed by atoms with Gasteiger partial charge in [0.1, 0.15) is 16.9 Å². The zero-order valence-corrected chi connectivity index (χ0v) is 17.7. The molecule has 0 aliphatic carbocycles. The number of aromatic hydroxyl groups is 2. The van der Waals surface area contributed by atoms with E-state index in [2.05, 4.69) is 4.89 Å². The molecule has 0 saturated heterocycles. The van der Waals surface area contributed by atoms with Crippen LogP contribution in [0.1, 0.15) is 19.1 Å². The number of hydrogen-bond donors (Lipinski definition) is 5. The first-order valence-corrected chi connectivity index (χ1v) is 10.0.